The summed E-state index contributed by atoms with van der Waals surface area (Å²) in [6, 6.07) is 2.33. The molecule has 1 aromatic rings. The number of hydrogen-bond donors (Lipinski definition) is 2. The molecule has 0 aliphatic heterocycles. The lowest BCUT2D eigenvalue weighted by Gasteiger charge is -2.11. The van der Waals surface area contributed by atoms with Gasteiger partial charge in [-0.3, -0.25) is 4.79 Å². The van der Waals surface area contributed by atoms with Crippen LogP contribution in [0, 0.1) is 6.92 Å². The second-order valence-corrected chi connectivity index (χ2v) is 4.73. The van der Waals surface area contributed by atoms with E-state index in [1.54, 1.807) is 13.0 Å². The van der Waals surface area contributed by atoms with Crippen molar-refractivity contribution < 1.29 is 4.79 Å². The molecule has 1 aliphatic carbocycles. The molecule has 0 unspecified atom stereocenters. The Morgan fingerprint density at radius 1 is 1.41 bits per heavy atom. The minimum atomic E-state index is -0.107. The second-order valence-electron chi connectivity index (χ2n) is 4.73. The molecule has 5 heteroatoms. The maximum absolute atomic E-state index is 11.9. The monoisotopic (exact) mass is 234 g/mol. The van der Waals surface area contributed by atoms with Gasteiger partial charge in [0.1, 0.15) is 17.3 Å². The van der Waals surface area contributed by atoms with Crippen LogP contribution < -0.4 is 10.6 Å². The molecule has 0 aromatic carbocycles. The van der Waals surface area contributed by atoms with Gasteiger partial charge in [-0.2, -0.15) is 0 Å². The van der Waals surface area contributed by atoms with E-state index < -0.39 is 0 Å². The molecule has 5 nitrogen and oxygen atoms in total. The van der Waals surface area contributed by atoms with Crippen molar-refractivity contribution in [2.45, 2.75) is 45.7 Å². The van der Waals surface area contributed by atoms with Gasteiger partial charge in [0.05, 0.1) is 0 Å². The van der Waals surface area contributed by atoms with E-state index in [2.05, 4.69) is 20.6 Å². The molecule has 0 radical (unpaired) electrons. The predicted octanol–water partition coefficient (Wildman–Crippen LogP) is 1.50. The van der Waals surface area contributed by atoms with Crippen LogP contribution in [0.3, 0.4) is 0 Å². The topological polar surface area (TPSA) is 66.9 Å². The molecular weight excluding hydrogens is 216 g/mol. The van der Waals surface area contributed by atoms with Gasteiger partial charge < -0.3 is 10.6 Å². The van der Waals surface area contributed by atoms with Crippen molar-refractivity contribution in [3.63, 3.8) is 0 Å². The number of carbonyl (C=O) groups is 1. The summed E-state index contributed by atoms with van der Waals surface area (Å²) in [5, 5.41) is 6.10. The fourth-order valence-corrected chi connectivity index (χ4v) is 1.54. The zero-order chi connectivity index (χ0) is 12.4. The van der Waals surface area contributed by atoms with Crippen molar-refractivity contribution >= 4 is 11.7 Å². The molecule has 0 atom stereocenters. The summed E-state index contributed by atoms with van der Waals surface area (Å²) in [6.45, 7) is 5.85. The highest BCUT2D eigenvalue weighted by atomic mass is 16.2. The van der Waals surface area contributed by atoms with Crippen LogP contribution in [-0.4, -0.2) is 28.0 Å². The summed E-state index contributed by atoms with van der Waals surface area (Å²) >= 11 is 0. The first-order valence-corrected chi connectivity index (χ1v) is 5.97. The largest absolute Gasteiger partial charge is 0.368 e. The average molecular weight is 234 g/mol. The number of rotatable bonds is 4. The lowest BCUT2D eigenvalue weighted by molar-refractivity contribution is 0.0945. The maximum atomic E-state index is 11.9. The van der Waals surface area contributed by atoms with Crippen LogP contribution >= 0.6 is 0 Å². The SMILES string of the molecule is Cc1nc(NC(C)C)cc(C(=O)NC2CC2)n1. The number of nitrogens with one attached hydrogen (secondary N) is 2. The first-order valence-electron chi connectivity index (χ1n) is 5.97. The van der Waals surface area contributed by atoms with Gasteiger partial charge in [0.25, 0.3) is 5.91 Å². The molecule has 1 saturated carbocycles. The molecule has 1 fully saturated rings. The number of carbonyl (C=O) groups excluding carboxylic acids is 1. The predicted molar refractivity (Wildman–Crippen MR) is 66.0 cm³/mol. The van der Waals surface area contributed by atoms with Gasteiger partial charge in [-0.1, -0.05) is 0 Å². The van der Waals surface area contributed by atoms with E-state index in [1.807, 2.05) is 13.8 Å². The Bertz CT molecular complexity index is 427. The molecule has 1 aromatic heterocycles. The van der Waals surface area contributed by atoms with E-state index in [1.165, 1.54) is 0 Å². The molecule has 2 rings (SSSR count). The van der Waals surface area contributed by atoms with Crippen molar-refractivity contribution in [2.75, 3.05) is 5.32 Å². The van der Waals surface area contributed by atoms with Gasteiger partial charge in [-0.25, -0.2) is 9.97 Å². The van der Waals surface area contributed by atoms with Gasteiger partial charge in [0.2, 0.25) is 0 Å². The Morgan fingerprint density at radius 3 is 2.71 bits per heavy atom. The summed E-state index contributed by atoms with van der Waals surface area (Å²) in [4.78, 5) is 20.3. The Kier molecular flexibility index (Phi) is 3.26. The lowest BCUT2D eigenvalue weighted by Crippen LogP contribution is -2.27. The van der Waals surface area contributed by atoms with Crippen LogP contribution in [0.5, 0.6) is 0 Å². The number of amides is 1. The zero-order valence-electron chi connectivity index (χ0n) is 10.4. The minimum Gasteiger partial charge on any atom is -0.368 e. The van der Waals surface area contributed by atoms with E-state index in [0.717, 1.165) is 12.8 Å². The van der Waals surface area contributed by atoms with E-state index >= 15 is 0 Å². The van der Waals surface area contributed by atoms with E-state index in [9.17, 15) is 4.79 Å². The van der Waals surface area contributed by atoms with Crippen molar-refractivity contribution in [3.05, 3.63) is 17.6 Å². The van der Waals surface area contributed by atoms with Crippen LogP contribution in [0.25, 0.3) is 0 Å². The fraction of sp³-hybridized carbons (Fsp3) is 0.583. The fourth-order valence-electron chi connectivity index (χ4n) is 1.54. The van der Waals surface area contributed by atoms with Gasteiger partial charge in [0.15, 0.2) is 0 Å². The third-order valence-electron chi connectivity index (χ3n) is 2.42. The molecule has 1 aliphatic rings. The number of anilines is 1. The summed E-state index contributed by atoms with van der Waals surface area (Å²) < 4.78 is 0. The Balaban J connectivity index is 2.14. The van der Waals surface area contributed by atoms with E-state index in [-0.39, 0.29) is 11.9 Å². The maximum Gasteiger partial charge on any atom is 0.270 e. The highest BCUT2D eigenvalue weighted by molar-refractivity contribution is 5.93. The molecule has 1 heterocycles. The average Bonchev–Trinajstić information content (AvgIpc) is 2.99. The van der Waals surface area contributed by atoms with Crippen LogP contribution in [0.15, 0.2) is 6.07 Å². The third kappa shape index (κ3) is 3.41. The Labute approximate surface area is 101 Å². The summed E-state index contributed by atoms with van der Waals surface area (Å²) in [5.74, 6) is 1.20. The first kappa shape index (κ1) is 11.8. The lowest BCUT2D eigenvalue weighted by atomic mass is 10.3. The van der Waals surface area contributed by atoms with Gasteiger partial charge >= 0.3 is 0 Å². The van der Waals surface area contributed by atoms with Gasteiger partial charge in [-0.15, -0.1) is 0 Å². The molecular formula is C12H18N4O. The highest BCUT2D eigenvalue weighted by Crippen LogP contribution is 2.19. The van der Waals surface area contributed by atoms with Gasteiger partial charge in [-0.05, 0) is 33.6 Å². The highest BCUT2D eigenvalue weighted by Gasteiger charge is 2.24. The number of hydrogen-bond acceptors (Lipinski definition) is 4. The van der Waals surface area contributed by atoms with Crippen LogP contribution in [0.2, 0.25) is 0 Å². The van der Waals surface area contributed by atoms with Crippen LogP contribution in [-0.2, 0) is 0 Å². The van der Waals surface area contributed by atoms with Gasteiger partial charge in [0, 0.05) is 18.2 Å². The minimum absolute atomic E-state index is 0.107. The zero-order valence-corrected chi connectivity index (χ0v) is 10.4. The van der Waals surface area contributed by atoms with E-state index in [4.69, 9.17) is 0 Å². The third-order valence-corrected chi connectivity index (χ3v) is 2.42. The van der Waals surface area contributed by atoms with Crippen molar-refractivity contribution in [1.82, 2.24) is 15.3 Å². The van der Waals surface area contributed by atoms with Crippen molar-refractivity contribution in [1.29, 1.82) is 0 Å². The summed E-state index contributed by atoms with van der Waals surface area (Å²) in [7, 11) is 0. The quantitative estimate of drug-likeness (QED) is 0.828. The Morgan fingerprint density at radius 2 is 2.12 bits per heavy atom. The molecule has 0 saturated heterocycles. The van der Waals surface area contributed by atoms with Crippen LogP contribution in [0.1, 0.15) is 43.0 Å². The van der Waals surface area contributed by atoms with Crippen molar-refractivity contribution in [3.8, 4) is 0 Å². The molecule has 0 spiro atoms. The summed E-state index contributed by atoms with van der Waals surface area (Å²) in [6.07, 6.45) is 2.15. The molecule has 2 N–H and O–H groups in total. The number of nitrogens with zero attached hydrogens (tertiary/aromatic N) is 2. The number of aromatic nitrogens is 2. The second kappa shape index (κ2) is 4.69. The standard InChI is InChI=1S/C12H18N4O/c1-7(2)13-11-6-10(14-8(3)15-11)12(17)16-9-4-5-9/h6-7,9H,4-5H2,1-3H3,(H,16,17)(H,13,14,15). The first-order chi connectivity index (χ1) is 8.04. The van der Waals surface area contributed by atoms with Crippen LogP contribution in [0.4, 0.5) is 5.82 Å². The molecule has 92 valence electrons. The summed E-state index contributed by atoms with van der Waals surface area (Å²) in [5.41, 5.74) is 0.438. The molecule has 1 amide bonds. The van der Waals surface area contributed by atoms with E-state index in [0.29, 0.717) is 23.4 Å². The molecule has 0 bridgehead atoms. The van der Waals surface area contributed by atoms with Crippen molar-refractivity contribution in [2.24, 2.45) is 0 Å². The smallest absolute Gasteiger partial charge is 0.270 e. The number of aryl methyl sites for hydroxylation is 1. The normalized spacial score (nSPS) is 14.8. The Hall–Kier alpha value is -1.65. The molecule has 17 heavy (non-hydrogen) atoms.